The van der Waals surface area contributed by atoms with Crippen molar-refractivity contribution in [3.05, 3.63) is 46.9 Å². The van der Waals surface area contributed by atoms with E-state index in [9.17, 15) is 4.79 Å². The van der Waals surface area contributed by atoms with E-state index >= 15 is 0 Å². The van der Waals surface area contributed by atoms with Gasteiger partial charge in [-0.2, -0.15) is 0 Å². The van der Waals surface area contributed by atoms with Gasteiger partial charge in [0.1, 0.15) is 17.1 Å². The van der Waals surface area contributed by atoms with Crippen LogP contribution in [0.2, 0.25) is 0 Å². The van der Waals surface area contributed by atoms with Gasteiger partial charge < -0.3 is 24.7 Å². The first kappa shape index (κ1) is 17.3. The molecule has 5 N–H and O–H groups in total. The number of benzene rings is 1. The molecule has 0 aromatic heterocycles. The summed E-state index contributed by atoms with van der Waals surface area (Å²) in [6.07, 6.45) is -0.770. The molecular weight excluding hydrogens is 326 g/mol. The van der Waals surface area contributed by atoms with Gasteiger partial charge in [0.2, 0.25) is 12.2 Å². The van der Waals surface area contributed by atoms with Crippen LogP contribution < -0.4 is 21.7 Å². The fourth-order valence-electron chi connectivity index (χ4n) is 2.92. The number of hydrogen-bond donors (Lipinski definition) is 3. The third kappa shape index (κ3) is 2.95. The van der Waals surface area contributed by atoms with Crippen LogP contribution in [0.4, 0.5) is 0 Å². The maximum absolute atomic E-state index is 12.3. The predicted octanol–water partition coefficient (Wildman–Crippen LogP) is 0.748. The van der Waals surface area contributed by atoms with Gasteiger partial charge in [-0.1, -0.05) is 12.1 Å². The van der Waals surface area contributed by atoms with Crippen LogP contribution in [0.5, 0.6) is 5.75 Å². The minimum absolute atomic E-state index is 0.0629. The number of para-hydroxylation sites is 1. The van der Waals surface area contributed by atoms with Crippen molar-refractivity contribution in [1.29, 1.82) is 0 Å². The largest absolute Gasteiger partial charge is 0.462 e. The monoisotopic (exact) mass is 347 g/mol. The summed E-state index contributed by atoms with van der Waals surface area (Å²) < 4.78 is 22.5. The first-order valence-electron chi connectivity index (χ1n) is 8.04. The summed E-state index contributed by atoms with van der Waals surface area (Å²) in [5.41, 5.74) is 9.95. The van der Waals surface area contributed by atoms with Crippen molar-refractivity contribution < 1.29 is 23.7 Å². The molecule has 0 amide bonds. The lowest BCUT2D eigenvalue weighted by Gasteiger charge is -2.37. The molecule has 1 aromatic carbocycles. The van der Waals surface area contributed by atoms with Crippen molar-refractivity contribution in [2.24, 2.45) is 11.6 Å². The van der Waals surface area contributed by atoms with Crippen molar-refractivity contribution in [3.8, 4) is 5.75 Å². The van der Waals surface area contributed by atoms with E-state index in [4.69, 9.17) is 30.5 Å². The minimum atomic E-state index is -0.770. The molecule has 1 aromatic rings. The summed E-state index contributed by atoms with van der Waals surface area (Å²) in [6, 6.07) is 6.58. The number of esters is 1. The Balaban J connectivity index is 2.12. The summed E-state index contributed by atoms with van der Waals surface area (Å²) in [4.78, 5) is 12.3. The number of carbonyl (C=O) groups is 1. The number of ether oxygens (including phenoxy) is 4. The Kier molecular flexibility index (Phi) is 4.93. The van der Waals surface area contributed by atoms with Gasteiger partial charge in [-0.05, 0) is 26.0 Å². The minimum Gasteiger partial charge on any atom is -0.462 e. The van der Waals surface area contributed by atoms with Gasteiger partial charge in [0.15, 0.2) is 0 Å². The van der Waals surface area contributed by atoms with Gasteiger partial charge in [-0.25, -0.2) is 10.2 Å². The van der Waals surface area contributed by atoms with Gasteiger partial charge in [-0.3, -0.25) is 5.84 Å². The summed E-state index contributed by atoms with van der Waals surface area (Å²) in [7, 11) is 0. The second-order valence-corrected chi connectivity index (χ2v) is 5.39. The van der Waals surface area contributed by atoms with Crippen LogP contribution in [0.15, 0.2) is 41.3 Å². The molecule has 2 heterocycles. The number of nitrogens with one attached hydrogen (secondary N) is 1. The van der Waals surface area contributed by atoms with Crippen LogP contribution in [0.25, 0.3) is 5.76 Å². The van der Waals surface area contributed by atoms with Crippen LogP contribution in [-0.2, 0) is 19.0 Å². The van der Waals surface area contributed by atoms with Crippen LogP contribution in [0.1, 0.15) is 19.4 Å². The first-order valence-corrected chi connectivity index (χ1v) is 8.04. The molecule has 0 bridgehead atoms. The highest BCUT2D eigenvalue weighted by atomic mass is 16.7. The average molecular weight is 347 g/mol. The summed E-state index contributed by atoms with van der Waals surface area (Å²) >= 11 is 0. The van der Waals surface area contributed by atoms with E-state index in [2.05, 4.69) is 5.43 Å². The normalized spacial score (nSPS) is 21.9. The molecule has 3 rings (SSSR count). The maximum Gasteiger partial charge on any atom is 0.341 e. The van der Waals surface area contributed by atoms with Crippen molar-refractivity contribution in [3.63, 3.8) is 0 Å². The molecule has 0 saturated carbocycles. The van der Waals surface area contributed by atoms with E-state index in [1.54, 1.807) is 13.0 Å². The molecule has 0 spiro atoms. The fraction of sp³-hybridized carbons (Fsp3) is 0.353. The Morgan fingerprint density at radius 1 is 1.28 bits per heavy atom. The van der Waals surface area contributed by atoms with Gasteiger partial charge >= 0.3 is 5.97 Å². The molecule has 2 unspecified atom stereocenters. The molecule has 134 valence electrons. The Labute approximate surface area is 145 Å². The smallest absolute Gasteiger partial charge is 0.341 e. The molecule has 0 radical (unpaired) electrons. The van der Waals surface area contributed by atoms with E-state index in [1.165, 1.54) is 0 Å². The lowest BCUT2D eigenvalue weighted by molar-refractivity contribution is -0.139. The van der Waals surface area contributed by atoms with Crippen molar-refractivity contribution >= 4 is 11.7 Å². The quantitative estimate of drug-likeness (QED) is 0.406. The lowest BCUT2D eigenvalue weighted by atomic mass is 9.91. The van der Waals surface area contributed by atoms with Crippen LogP contribution >= 0.6 is 0 Å². The Hall–Kier alpha value is -2.55. The molecule has 8 nitrogen and oxygen atoms in total. The molecule has 25 heavy (non-hydrogen) atoms. The Morgan fingerprint density at radius 2 is 2.04 bits per heavy atom. The molecule has 0 aliphatic carbocycles. The summed E-state index contributed by atoms with van der Waals surface area (Å²) in [6.45, 7) is 4.15. The van der Waals surface area contributed by atoms with Crippen molar-refractivity contribution in [1.82, 2.24) is 5.43 Å². The van der Waals surface area contributed by atoms with Gasteiger partial charge in [0.25, 0.3) is 0 Å². The Morgan fingerprint density at radius 3 is 2.72 bits per heavy atom. The maximum atomic E-state index is 12.3. The van der Waals surface area contributed by atoms with E-state index in [-0.39, 0.29) is 18.1 Å². The number of fused-ring (bicyclic) bond motifs is 2. The summed E-state index contributed by atoms with van der Waals surface area (Å²) in [5.74, 6) is 6.12. The highest BCUT2D eigenvalue weighted by Gasteiger charge is 2.43. The number of hydrogen-bond acceptors (Lipinski definition) is 8. The molecule has 2 atom stereocenters. The molecule has 0 saturated heterocycles. The zero-order chi connectivity index (χ0) is 18.0. The zero-order valence-corrected chi connectivity index (χ0v) is 14.1. The number of nitrogens with two attached hydrogens (primary N) is 2. The van der Waals surface area contributed by atoms with Gasteiger partial charge in [0.05, 0.1) is 23.8 Å². The Bertz CT molecular complexity index is 744. The number of hydrazine groups is 1. The van der Waals surface area contributed by atoms with E-state index in [1.807, 2.05) is 25.1 Å². The highest BCUT2D eigenvalue weighted by molar-refractivity contribution is 5.93. The van der Waals surface area contributed by atoms with E-state index < -0.39 is 18.3 Å². The molecule has 2 aliphatic rings. The lowest BCUT2D eigenvalue weighted by Crippen LogP contribution is -2.49. The standard InChI is InChI=1S/C17H21N3O5/c1-3-22-16(21)12-13(20-19)11-14(25-15(12)18)9-7-5-6-8-10(9)24-17(11)23-4-2/h5-8,13,17,20H,3-4,18-19H2,1-2H3. The van der Waals surface area contributed by atoms with Crippen LogP contribution in [0.3, 0.4) is 0 Å². The number of rotatable bonds is 5. The second kappa shape index (κ2) is 7.14. The molecule has 0 fully saturated rings. The van der Waals surface area contributed by atoms with Crippen molar-refractivity contribution in [2.45, 2.75) is 26.2 Å². The predicted molar refractivity (Wildman–Crippen MR) is 89.4 cm³/mol. The zero-order valence-electron chi connectivity index (χ0n) is 14.1. The third-order valence-corrected chi connectivity index (χ3v) is 3.94. The average Bonchev–Trinajstić information content (AvgIpc) is 2.61. The molecule has 2 aliphatic heterocycles. The number of carbonyl (C=O) groups excluding carboxylic acids is 1. The summed E-state index contributed by atoms with van der Waals surface area (Å²) in [5, 5.41) is 0. The second-order valence-electron chi connectivity index (χ2n) is 5.39. The van der Waals surface area contributed by atoms with Gasteiger partial charge in [0, 0.05) is 6.61 Å². The highest BCUT2D eigenvalue weighted by Crippen LogP contribution is 2.42. The fourth-order valence-corrected chi connectivity index (χ4v) is 2.92. The first-order chi connectivity index (χ1) is 12.1. The van der Waals surface area contributed by atoms with Gasteiger partial charge in [-0.15, -0.1) is 0 Å². The van der Waals surface area contributed by atoms with Crippen LogP contribution in [-0.4, -0.2) is 31.5 Å². The van der Waals surface area contributed by atoms with Crippen molar-refractivity contribution in [2.75, 3.05) is 13.2 Å². The molecular formula is C17H21N3O5. The topological polar surface area (TPSA) is 118 Å². The SMILES string of the molecule is CCOC(=O)C1=C(N)OC2=C(C(OCC)Oc3ccccc32)C1NN. The van der Waals surface area contributed by atoms with E-state index in [0.29, 0.717) is 29.3 Å². The third-order valence-electron chi connectivity index (χ3n) is 3.94. The van der Waals surface area contributed by atoms with E-state index in [0.717, 1.165) is 0 Å². The molecule has 8 heteroatoms. The van der Waals surface area contributed by atoms with Crippen LogP contribution in [0, 0.1) is 0 Å².